The van der Waals surface area contributed by atoms with Crippen molar-refractivity contribution in [1.29, 1.82) is 0 Å². The van der Waals surface area contributed by atoms with E-state index in [1.54, 1.807) is 11.3 Å². The molecule has 19 heavy (non-hydrogen) atoms. The fourth-order valence-electron chi connectivity index (χ4n) is 2.66. The van der Waals surface area contributed by atoms with E-state index in [0.717, 1.165) is 19.4 Å². The molecule has 1 aliphatic rings. The highest BCUT2D eigenvalue weighted by molar-refractivity contribution is 9.10. The highest BCUT2D eigenvalue weighted by atomic mass is 79.9. The molecule has 2 nitrogen and oxygen atoms in total. The van der Waals surface area contributed by atoms with Gasteiger partial charge in [0.15, 0.2) is 0 Å². The van der Waals surface area contributed by atoms with Crippen LogP contribution >= 0.6 is 27.3 Å². The number of benzene rings is 1. The molecule has 4 heteroatoms. The van der Waals surface area contributed by atoms with E-state index in [1.807, 2.05) is 11.6 Å². The molecule has 2 aromatic rings. The number of rotatable bonds is 4. The zero-order chi connectivity index (χ0) is 13.1. The lowest BCUT2D eigenvalue weighted by atomic mass is 9.88. The van der Waals surface area contributed by atoms with Crippen LogP contribution in [0.25, 0.3) is 0 Å². The number of hydrogen-bond donors (Lipinski definition) is 1. The monoisotopic (exact) mass is 336 g/mol. The van der Waals surface area contributed by atoms with Gasteiger partial charge in [-0.25, -0.2) is 4.98 Å². The average Bonchev–Trinajstić information content (AvgIpc) is 2.92. The number of hydrogen-bond acceptors (Lipinski definition) is 3. The summed E-state index contributed by atoms with van der Waals surface area (Å²) in [6, 6.07) is 7.29. The van der Waals surface area contributed by atoms with Crippen LogP contribution in [-0.4, -0.2) is 17.6 Å². The Morgan fingerprint density at radius 1 is 1.37 bits per heavy atom. The summed E-state index contributed by atoms with van der Waals surface area (Å²) >= 11 is 5.29. The third-order valence-electron chi connectivity index (χ3n) is 3.65. The molecule has 1 aliphatic carbocycles. The van der Waals surface area contributed by atoms with E-state index in [9.17, 15) is 0 Å². The molecule has 1 aromatic carbocycles. The van der Waals surface area contributed by atoms with Gasteiger partial charge in [-0.3, -0.25) is 0 Å². The first-order chi connectivity index (χ1) is 9.31. The topological polar surface area (TPSA) is 24.9 Å². The van der Waals surface area contributed by atoms with Crippen molar-refractivity contribution in [2.75, 3.05) is 6.54 Å². The van der Waals surface area contributed by atoms with Crippen LogP contribution in [0.15, 0.2) is 34.2 Å². The Morgan fingerprint density at radius 3 is 3.16 bits per heavy atom. The summed E-state index contributed by atoms with van der Waals surface area (Å²) in [5, 5.41) is 6.95. The molecule has 0 saturated heterocycles. The first-order valence-electron chi connectivity index (χ1n) is 6.70. The van der Waals surface area contributed by atoms with Gasteiger partial charge in [-0.1, -0.05) is 22.0 Å². The zero-order valence-corrected chi connectivity index (χ0v) is 13.1. The Morgan fingerprint density at radius 2 is 2.32 bits per heavy atom. The normalized spacial score (nSPS) is 18.3. The number of aromatic nitrogens is 1. The zero-order valence-electron chi connectivity index (χ0n) is 10.7. The molecule has 0 aliphatic heterocycles. The van der Waals surface area contributed by atoms with Crippen molar-refractivity contribution in [2.24, 2.45) is 0 Å². The molecule has 0 unspecified atom stereocenters. The summed E-state index contributed by atoms with van der Waals surface area (Å²) < 4.78 is 1.20. The maximum absolute atomic E-state index is 4.32. The fraction of sp³-hybridized carbons (Fsp3) is 0.400. The Bertz CT molecular complexity index is 539. The van der Waals surface area contributed by atoms with Crippen LogP contribution in [0.4, 0.5) is 0 Å². The van der Waals surface area contributed by atoms with E-state index in [4.69, 9.17) is 0 Å². The van der Waals surface area contributed by atoms with Crippen molar-refractivity contribution >= 4 is 27.3 Å². The van der Waals surface area contributed by atoms with Crippen LogP contribution in [0.5, 0.6) is 0 Å². The van der Waals surface area contributed by atoms with Gasteiger partial charge in [-0.15, -0.1) is 11.3 Å². The molecule has 0 bridgehead atoms. The van der Waals surface area contributed by atoms with E-state index < -0.39 is 0 Å². The lowest BCUT2D eigenvalue weighted by Gasteiger charge is -2.25. The second-order valence-electron chi connectivity index (χ2n) is 4.98. The molecule has 1 N–H and O–H groups in total. The number of halogens is 1. The first-order valence-corrected chi connectivity index (χ1v) is 8.37. The average molecular weight is 337 g/mol. The van der Waals surface area contributed by atoms with Crippen molar-refractivity contribution in [2.45, 2.75) is 31.7 Å². The Hall–Kier alpha value is -0.710. The van der Waals surface area contributed by atoms with E-state index in [2.05, 4.69) is 44.4 Å². The number of aryl methyl sites for hydroxylation is 1. The maximum atomic E-state index is 4.32. The van der Waals surface area contributed by atoms with Crippen molar-refractivity contribution < 1.29 is 0 Å². The van der Waals surface area contributed by atoms with Crippen molar-refractivity contribution in [3.63, 3.8) is 0 Å². The Labute approximate surface area is 126 Å². The molecule has 1 heterocycles. The van der Waals surface area contributed by atoms with Gasteiger partial charge in [0, 0.05) is 35.1 Å². The number of thiazole rings is 1. The predicted octanol–water partition coefficient (Wildman–Crippen LogP) is 3.60. The van der Waals surface area contributed by atoms with Gasteiger partial charge in [0.05, 0.1) is 5.01 Å². The highest BCUT2D eigenvalue weighted by Crippen LogP contribution is 2.24. The van der Waals surface area contributed by atoms with Crippen LogP contribution in [0.1, 0.15) is 22.6 Å². The van der Waals surface area contributed by atoms with E-state index in [1.165, 1.54) is 33.4 Å². The van der Waals surface area contributed by atoms with Gasteiger partial charge < -0.3 is 5.32 Å². The molecule has 0 amide bonds. The van der Waals surface area contributed by atoms with Crippen LogP contribution in [0, 0.1) is 0 Å². The summed E-state index contributed by atoms with van der Waals surface area (Å²) in [6.07, 6.45) is 6.50. The molecular formula is C15H17BrN2S. The second kappa shape index (κ2) is 6.16. The maximum Gasteiger partial charge on any atom is 0.0937 e. The Kier molecular flexibility index (Phi) is 4.31. The quantitative estimate of drug-likeness (QED) is 0.922. The van der Waals surface area contributed by atoms with E-state index >= 15 is 0 Å². The van der Waals surface area contributed by atoms with E-state index in [-0.39, 0.29) is 0 Å². The van der Waals surface area contributed by atoms with Crippen LogP contribution in [-0.2, 0) is 19.3 Å². The third kappa shape index (κ3) is 3.44. The third-order valence-corrected chi connectivity index (χ3v) is 4.98. The molecule has 0 fully saturated rings. The molecule has 1 aromatic heterocycles. The van der Waals surface area contributed by atoms with Crippen LogP contribution in [0.3, 0.4) is 0 Å². The highest BCUT2D eigenvalue weighted by Gasteiger charge is 2.18. The molecule has 100 valence electrons. The first kappa shape index (κ1) is 13.3. The minimum absolute atomic E-state index is 0.619. The van der Waals surface area contributed by atoms with Crippen LogP contribution in [0.2, 0.25) is 0 Å². The summed E-state index contributed by atoms with van der Waals surface area (Å²) in [5.74, 6) is 0. The summed E-state index contributed by atoms with van der Waals surface area (Å²) in [6.45, 7) is 1.03. The van der Waals surface area contributed by atoms with Gasteiger partial charge in [0.25, 0.3) is 0 Å². The Balaban J connectivity index is 1.53. The number of nitrogens with one attached hydrogen (secondary N) is 1. The minimum atomic E-state index is 0.619. The largest absolute Gasteiger partial charge is 0.313 e. The number of nitrogens with zero attached hydrogens (tertiary/aromatic N) is 1. The molecular weight excluding hydrogens is 320 g/mol. The van der Waals surface area contributed by atoms with Crippen molar-refractivity contribution in [1.82, 2.24) is 10.3 Å². The second-order valence-corrected chi connectivity index (χ2v) is 6.88. The molecule has 0 spiro atoms. The fourth-order valence-corrected chi connectivity index (χ4v) is 3.69. The summed E-state index contributed by atoms with van der Waals surface area (Å²) in [5.41, 5.74) is 3.01. The molecule has 3 rings (SSSR count). The van der Waals surface area contributed by atoms with Crippen LogP contribution < -0.4 is 5.32 Å². The smallest absolute Gasteiger partial charge is 0.0937 e. The SMILES string of the molecule is Brc1ccc2c(c1)CC[C@@H](NCCc1nccs1)C2. The summed E-state index contributed by atoms with van der Waals surface area (Å²) in [4.78, 5) is 4.32. The molecule has 0 saturated carbocycles. The van der Waals surface area contributed by atoms with E-state index in [0.29, 0.717) is 6.04 Å². The minimum Gasteiger partial charge on any atom is -0.313 e. The lowest BCUT2D eigenvalue weighted by Crippen LogP contribution is -2.35. The summed E-state index contributed by atoms with van der Waals surface area (Å²) in [7, 11) is 0. The molecule has 1 atom stereocenters. The van der Waals surface area contributed by atoms with Crippen molar-refractivity contribution in [3.8, 4) is 0 Å². The predicted molar refractivity (Wildman–Crippen MR) is 83.8 cm³/mol. The van der Waals surface area contributed by atoms with Gasteiger partial charge in [-0.2, -0.15) is 0 Å². The van der Waals surface area contributed by atoms with Gasteiger partial charge in [0.2, 0.25) is 0 Å². The van der Waals surface area contributed by atoms with Gasteiger partial charge in [0.1, 0.15) is 0 Å². The van der Waals surface area contributed by atoms with Crippen molar-refractivity contribution in [3.05, 3.63) is 50.4 Å². The van der Waals surface area contributed by atoms with Gasteiger partial charge in [-0.05, 0) is 42.5 Å². The van der Waals surface area contributed by atoms with Gasteiger partial charge >= 0.3 is 0 Å². The molecule has 0 radical (unpaired) electrons. The number of fused-ring (bicyclic) bond motifs is 1. The lowest BCUT2D eigenvalue weighted by molar-refractivity contribution is 0.461. The standard InChI is InChI=1S/C15H17BrN2S/c16-13-3-1-12-10-14(4-2-11(12)9-13)17-6-5-15-18-7-8-19-15/h1,3,7-9,14,17H,2,4-6,10H2/t14-/m1/s1.